The molecule has 0 radical (unpaired) electrons. The smallest absolute Gasteiger partial charge is 0.123 e. The number of nitrogens with one attached hydrogen (secondary N) is 2. The van der Waals surface area contributed by atoms with Gasteiger partial charge < -0.3 is 10.3 Å². The second kappa shape index (κ2) is 5.11. The van der Waals surface area contributed by atoms with Crippen LogP contribution in [0.3, 0.4) is 0 Å². The molecule has 0 saturated heterocycles. The molecule has 18 heavy (non-hydrogen) atoms. The number of H-pyrrole nitrogens is 1. The van der Waals surface area contributed by atoms with Gasteiger partial charge in [0.05, 0.1) is 0 Å². The number of aromatic nitrogens is 1. The van der Waals surface area contributed by atoms with Crippen molar-refractivity contribution in [2.75, 3.05) is 6.54 Å². The van der Waals surface area contributed by atoms with E-state index in [0.717, 1.165) is 23.9 Å². The predicted molar refractivity (Wildman–Crippen MR) is 72.2 cm³/mol. The zero-order valence-corrected chi connectivity index (χ0v) is 10.5. The molecule has 0 aliphatic heterocycles. The van der Waals surface area contributed by atoms with E-state index >= 15 is 0 Å². The maximum atomic E-state index is 13.2. The molecule has 1 aliphatic rings. The van der Waals surface area contributed by atoms with Crippen molar-refractivity contribution in [2.45, 2.75) is 38.1 Å². The van der Waals surface area contributed by atoms with Crippen molar-refractivity contribution in [3.63, 3.8) is 0 Å². The third kappa shape index (κ3) is 2.41. The van der Waals surface area contributed by atoms with Gasteiger partial charge in [-0.3, -0.25) is 0 Å². The van der Waals surface area contributed by atoms with Gasteiger partial charge in [-0.1, -0.05) is 12.8 Å². The highest BCUT2D eigenvalue weighted by Crippen LogP contribution is 2.20. The Kier molecular flexibility index (Phi) is 3.33. The van der Waals surface area contributed by atoms with Crippen molar-refractivity contribution in [1.82, 2.24) is 10.3 Å². The molecular formula is C15H19FN2. The predicted octanol–water partition coefficient (Wildman–Crippen LogP) is 3.38. The minimum atomic E-state index is -0.160. The molecule has 1 aromatic carbocycles. The highest BCUT2D eigenvalue weighted by atomic mass is 19.1. The Morgan fingerprint density at radius 3 is 2.94 bits per heavy atom. The van der Waals surface area contributed by atoms with Crippen molar-refractivity contribution in [3.8, 4) is 0 Å². The number of hydrogen-bond acceptors (Lipinski definition) is 1. The molecule has 1 aromatic heterocycles. The quantitative estimate of drug-likeness (QED) is 0.850. The largest absolute Gasteiger partial charge is 0.361 e. The monoisotopic (exact) mass is 246 g/mol. The summed E-state index contributed by atoms with van der Waals surface area (Å²) in [5.74, 6) is -0.160. The third-order valence-corrected chi connectivity index (χ3v) is 3.91. The number of hydrogen-bond donors (Lipinski definition) is 2. The minimum Gasteiger partial charge on any atom is -0.361 e. The fourth-order valence-corrected chi connectivity index (χ4v) is 2.90. The molecule has 0 bridgehead atoms. The molecule has 0 spiro atoms. The van der Waals surface area contributed by atoms with E-state index in [1.165, 1.54) is 37.3 Å². The van der Waals surface area contributed by atoms with E-state index in [4.69, 9.17) is 0 Å². The highest BCUT2D eigenvalue weighted by molar-refractivity contribution is 5.83. The molecule has 0 unspecified atom stereocenters. The second-order valence-electron chi connectivity index (χ2n) is 5.19. The third-order valence-electron chi connectivity index (χ3n) is 3.91. The van der Waals surface area contributed by atoms with E-state index in [-0.39, 0.29) is 5.82 Å². The summed E-state index contributed by atoms with van der Waals surface area (Å²) >= 11 is 0. The van der Waals surface area contributed by atoms with Gasteiger partial charge in [-0.2, -0.15) is 0 Å². The minimum absolute atomic E-state index is 0.160. The van der Waals surface area contributed by atoms with Gasteiger partial charge in [0.1, 0.15) is 5.82 Å². The number of rotatable bonds is 4. The van der Waals surface area contributed by atoms with Gasteiger partial charge in [-0.15, -0.1) is 0 Å². The summed E-state index contributed by atoms with van der Waals surface area (Å²) in [6.07, 6.45) is 8.29. The zero-order valence-electron chi connectivity index (χ0n) is 10.5. The topological polar surface area (TPSA) is 27.8 Å². The summed E-state index contributed by atoms with van der Waals surface area (Å²) in [6.45, 7) is 0.980. The Hall–Kier alpha value is -1.35. The van der Waals surface area contributed by atoms with Crippen LogP contribution in [0.5, 0.6) is 0 Å². The lowest BCUT2D eigenvalue weighted by molar-refractivity contribution is 0.528. The van der Waals surface area contributed by atoms with Crippen LogP contribution in [0.4, 0.5) is 4.39 Å². The van der Waals surface area contributed by atoms with Crippen LogP contribution >= 0.6 is 0 Å². The molecule has 1 aliphatic carbocycles. The van der Waals surface area contributed by atoms with E-state index < -0.39 is 0 Å². The number of aromatic amines is 1. The normalized spacial score (nSPS) is 16.7. The van der Waals surface area contributed by atoms with Gasteiger partial charge in [0.15, 0.2) is 0 Å². The molecule has 2 N–H and O–H groups in total. The molecular weight excluding hydrogens is 227 g/mol. The van der Waals surface area contributed by atoms with Gasteiger partial charge >= 0.3 is 0 Å². The van der Waals surface area contributed by atoms with Gasteiger partial charge in [0.2, 0.25) is 0 Å². The van der Waals surface area contributed by atoms with E-state index in [0.29, 0.717) is 6.04 Å². The Morgan fingerprint density at radius 2 is 2.11 bits per heavy atom. The van der Waals surface area contributed by atoms with Crippen LogP contribution < -0.4 is 5.32 Å². The van der Waals surface area contributed by atoms with Crippen molar-refractivity contribution >= 4 is 10.9 Å². The molecule has 1 saturated carbocycles. The molecule has 3 heteroatoms. The van der Waals surface area contributed by atoms with E-state index in [2.05, 4.69) is 10.3 Å². The average molecular weight is 246 g/mol. The van der Waals surface area contributed by atoms with Crippen LogP contribution in [0, 0.1) is 5.82 Å². The molecule has 96 valence electrons. The van der Waals surface area contributed by atoms with Gasteiger partial charge in [0, 0.05) is 23.1 Å². The SMILES string of the molecule is Fc1ccc2[nH]cc(CCNC3CCCC3)c2c1. The first-order valence-electron chi connectivity index (χ1n) is 6.82. The fourth-order valence-electron chi connectivity index (χ4n) is 2.90. The van der Waals surface area contributed by atoms with Crippen molar-refractivity contribution in [3.05, 3.63) is 35.8 Å². The highest BCUT2D eigenvalue weighted by Gasteiger charge is 2.13. The average Bonchev–Trinajstić information content (AvgIpc) is 2.99. The number of halogens is 1. The molecule has 3 rings (SSSR count). The first-order valence-corrected chi connectivity index (χ1v) is 6.82. The Morgan fingerprint density at radius 1 is 1.28 bits per heavy atom. The van der Waals surface area contributed by atoms with Gasteiger partial charge in [-0.25, -0.2) is 4.39 Å². The van der Waals surface area contributed by atoms with Crippen molar-refractivity contribution in [1.29, 1.82) is 0 Å². The molecule has 1 heterocycles. The molecule has 0 atom stereocenters. The summed E-state index contributed by atoms with van der Waals surface area (Å²) in [5, 5.41) is 4.61. The number of benzene rings is 1. The van der Waals surface area contributed by atoms with Crippen LogP contribution in [0.1, 0.15) is 31.2 Å². The maximum absolute atomic E-state index is 13.2. The number of fused-ring (bicyclic) bond motifs is 1. The summed E-state index contributed by atoms with van der Waals surface area (Å²) < 4.78 is 13.2. The Balaban J connectivity index is 1.65. The molecule has 1 fully saturated rings. The summed E-state index contributed by atoms with van der Waals surface area (Å²) in [4.78, 5) is 3.20. The van der Waals surface area contributed by atoms with Crippen LogP contribution in [-0.2, 0) is 6.42 Å². The lowest BCUT2D eigenvalue weighted by Crippen LogP contribution is -2.27. The standard InChI is InChI=1S/C15H19FN2/c16-12-5-6-15-14(9-12)11(10-18-15)7-8-17-13-3-1-2-4-13/h5-6,9-10,13,17-18H,1-4,7-8H2. The van der Waals surface area contributed by atoms with Crippen LogP contribution in [0.2, 0.25) is 0 Å². The Bertz CT molecular complexity index is 526. The van der Waals surface area contributed by atoms with Crippen molar-refractivity contribution in [2.24, 2.45) is 0 Å². The van der Waals surface area contributed by atoms with Crippen molar-refractivity contribution < 1.29 is 4.39 Å². The molecule has 2 nitrogen and oxygen atoms in total. The molecule has 2 aromatic rings. The zero-order chi connectivity index (χ0) is 12.4. The summed E-state index contributed by atoms with van der Waals surface area (Å²) in [5.41, 5.74) is 2.22. The lowest BCUT2D eigenvalue weighted by Gasteiger charge is -2.10. The van der Waals surface area contributed by atoms with Crippen LogP contribution in [-0.4, -0.2) is 17.6 Å². The van der Waals surface area contributed by atoms with E-state index in [1.54, 1.807) is 12.1 Å². The summed E-state index contributed by atoms with van der Waals surface area (Å²) in [7, 11) is 0. The van der Waals surface area contributed by atoms with Gasteiger partial charge in [0.25, 0.3) is 0 Å². The Labute approximate surface area is 107 Å². The van der Waals surface area contributed by atoms with E-state index in [1.807, 2.05) is 6.20 Å². The maximum Gasteiger partial charge on any atom is 0.123 e. The van der Waals surface area contributed by atoms with Crippen LogP contribution in [0.15, 0.2) is 24.4 Å². The van der Waals surface area contributed by atoms with Crippen LogP contribution in [0.25, 0.3) is 10.9 Å². The first kappa shape index (κ1) is 11.7. The van der Waals surface area contributed by atoms with Gasteiger partial charge in [-0.05, 0) is 49.6 Å². The molecule has 0 amide bonds. The lowest BCUT2D eigenvalue weighted by atomic mass is 10.1. The van der Waals surface area contributed by atoms with E-state index in [9.17, 15) is 4.39 Å². The fraction of sp³-hybridized carbons (Fsp3) is 0.467. The first-order chi connectivity index (χ1) is 8.83. The second-order valence-corrected chi connectivity index (χ2v) is 5.19. The summed E-state index contributed by atoms with van der Waals surface area (Å²) in [6, 6.07) is 5.63.